The summed E-state index contributed by atoms with van der Waals surface area (Å²) in [6, 6.07) is 7.24. The molecule has 2 rings (SSSR count). The van der Waals surface area contributed by atoms with Gasteiger partial charge in [0.15, 0.2) is 0 Å². The first kappa shape index (κ1) is 14.8. The average molecular weight is 279 g/mol. The first-order valence-corrected chi connectivity index (χ1v) is 7.01. The highest BCUT2D eigenvalue weighted by molar-refractivity contribution is 5.73. The maximum atomic E-state index is 13.5. The third kappa shape index (κ3) is 3.70. The predicted molar refractivity (Wildman–Crippen MR) is 76.9 cm³/mol. The van der Waals surface area contributed by atoms with Crippen molar-refractivity contribution in [3.8, 4) is 0 Å². The number of nitrogens with one attached hydrogen (secondary N) is 1. The zero-order valence-electron chi connectivity index (χ0n) is 12.1. The molecule has 0 spiro atoms. The molecule has 0 atom stereocenters. The van der Waals surface area contributed by atoms with Crippen LogP contribution in [0.4, 0.5) is 9.18 Å². The summed E-state index contributed by atoms with van der Waals surface area (Å²) in [6.45, 7) is 2.05. The third-order valence-corrected chi connectivity index (χ3v) is 3.69. The van der Waals surface area contributed by atoms with Gasteiger partial charge in [0.2, 0.25) is 0 Å². The molecular formula is C15H22FN3O. The highest BCUT2D eigenvalue weighted by atomic mass is 19.1. The number of likely N-dealkylation sites (tertiary alicyclic amines) is 1. The molecule has 0 aliphatic carbocycles. The van der Waals surface area contributed by atoms with Gasteiger partial charge in [0, 0.05) is 45.3 Å². The van der Waals surface area contributed by atoms with Gasteiger partial charge in [-0.1, -0.05) is 18.2 Å². The number of rotatable bonds is 3. The van der Waals surface area contributed by atoms with Crippen LogP contribution in [-0.2, 0) is 6.54 Å². The first-order valence-electron chi connectivity index (χ1n) is 7.01. The molecule has 1 aliphatic heterocycles. The van der Waals surface area contributed by atoms with E-state index in [0.29, 0.717) is 18.2 Å². The largest absolute Gasteiger partial charge is 0.331 e. The minimum absolute atomic E-state index is 0.0672. The minimum Gasteiger partial charge on any atom is -0.331 e. The van der Waals surface area contributed by atoms with Crippen LogP contribution in [0.2, 0.25) is 0 Å². The third-order valence-electron chi connectivity index (χ3n) is 3.69. The molecule has 110 valence electrons. The Morgan fingerprint density at radius 2 is 2.00 bits per heavy atom. The predicted octanol–water partition coefficient (Wildman–Crippen LogP) is 2.06. The number of hydrogen-bond acceptors (Lipinski definition) is 2. The molecule has 0 radical (unpaired) electrons. The van der Waals surface area contributed by atoms with E-state index in [9.17, 15) is 9.18 Å². The molecule has 1 fully saturated rings. The summed E-state index contributed by atoms with van der Waals surface area (Å²) in [6.07, 6.45) is 1.82. The molecule has 0 saturated carbocycles. The van der Waals surface area contributed by atoms with Crippen molar-refractivity contribution in [2.75, 3.05) is 27.2 Å². The Balaban J connectivity index is 1.78. The van der Waals surface area contributed by atoms with Gasteiger partial charge in [-0.25, -0.2) is 9.18 Å². The normalized spacial score (nSPS) is 16.2. The lowest BCUT2D eigenvalue weighted by atomic mass is 10.0. The van der Waals surface area contributed by atoms with Crippen molar-refractivity contribution in [3.05, 3.63) is 35.6 Å². The molecule has 1 saturated heterocycles. The topological polar surface area (TPSA) is 35.6 Å². The van der Waals surface area contributed by atoms with Crippen molar-refractivity contribution in [1.82, 2.24) is 15.1 Å². The smallest absolute Gasteiger partial charge is 0.319 e. The van der Waals surface area contributed by atoms with Crippen LogP contribution in [0.1, 0.15) is 18.4 Å². The summed E-state index contributed by atoms with van der Waals surface area (Å²) >= 11 is 0. The highest BCUT2D eigenvalue weighted by Crippen LogP contribution is 2.13. The van der Waals surface area contributed by atoms with E-state index in [1.54, 1.807) is 31.1 Å². The maximum absolute atomic E-state index is 13.5. The number of benzene rings is 1. The average Bonchev–Trinajstić information content (AvgIpc) is 2.46. The Hall–Kier alpha value is -1.62. The van der Waals surface area contributed by atoms with E-state index >= 15 is 0 Å². The molecule has 1 heterocycles. The van der Waals surface area contributed by atoms with E-state index in [-0.39, 0.29) is 11.8 Å². The SMILES string of the molecule is CN(C)C(=O)N1CCC(NCc2ccccc2F)CC1. The van der Waals surface area contributed by atoms with E-state index < -0.39 is 0 Å². The summed E-state index contributed by atoms with van der Waals surface area (Å²) in [7, 11) is 3.54. The zero-order chi connectivity index (χ0) is 14.5. The van der Waals surface area contributed by atoms with Crippen LogP contribution in [-0.4, -0.2) is 49.1 Å². The number of hydrogen-bond donors (Lipinski definition) is 1. The molecule has 2 amide bonds. The van der Waals surface area contributed by atoms with Gasteiger partial charge in [0.1, 0.15) is 5.82 Å². The van der Waals surface area contributed by atoms with Gasteiger partial charge in [0.25, 0.3) is 0 Å². The lowest BCUT2D eigenvalue weighted by Gasteiger charge is -2.34. The van der Waals surface area contributed by atoms with Crippen molar-refractivity contribution in [2.24, 2.45) is 0 Å². The summed E-state index contributed by atoms with van der Waals surface area (Å²) in [5, 5.41) is 3.38. The lowest BCUT2D eigenvalue weighted by Crippen LogP contribution is -2.47. The minimum atomic E-state index is -0.166. The van der Waals surface area contributed by atoms with E-state index in [0.717, 1.165) is 25.9 Å². The van der Waals surface area contributed by atoms with Crippen molar-refractivity contribution in [3.63, 3.8) is 0 Å². The van der Waals surface area contributed by atoms with Crippen LogP contribution >= 0.6 is 0 Å². The molecule has 0 unspecified atom stereocenters. The van der Waals surface area contributed by atoms with Crippen molar-refractivity contribution in [1.29, 1.82) is 0 Å². The van der Waals surface area contributed by atoms with Gasteiger partial charge in [-0.2, -0.15) is 0 Å². The van der Waals surface area contributed by atoms with Crippen LogP contribution < -0.4 is 5.32 Å². The fourth-order valence-corrected chi connectivity index (χ4v) is 2.45. The second-order valence-corrected chi connectivity index (χ2v) is 5.41. The van der Waals surface area contributed by atoms with Gasteiger partial charge in [-0.15, -0.1) is 0 Å². The van der Waals surface area contributed by atoms with Gasteiger partial charge < -0.3 is 15.1 Å². The number of piperidine rings is 1. The van der Waals surface area contributed by atoms with E-state index in [1.807, 2.05) is 11.0 Å². The lowest BCUT2D eigenvalue weighted by molar-refractivity contribution is 0.152. The molecule has 20 heavy (non-hydrogen) atoms. The summed E-state index contributed by atoms with van der Waals surface area (Å²) in [4.78, 5) is 15.3. The number of carbonyl (C=O) groups is 1. The number of nitrogens with zero attached hydrogens (tertiary/aromatic N) is 2. The molecule has 0 bridgehead atoms. The fraction of sp³-hybridized carbons (Fsp3) is 0.533. The van der Waals surface area contributed by atoms with Crippen LogP contribution in [0.5, 0.6) is 0 Å². The Morgan fingerprint density at radius 3 is 2.60 bits per heavy atom. The molecule has 1 aromatic carbocycles. The summed E-state index contributed by atoms with van der Waals surface area (Å²) < 4.78 is 13.5. The van der Waals surface area contributed by atoms with E-state index in [1.165, 1.54) is 6.07 Å². The second-order valence-electron chi connectivity index (χ2n) is 5.41. The van der Waals surface area contributed by atoms with Crippen LogP contribution in [0.3, 0.4) is 0 Å². The summed E-state index contributed by atoms with van der Waals surface area (Å²) in [5.41, 5.74) is 0.694. The fourth-order valence-electron chi connectivity index (χ4n) is 2.45. The zero-order valence-corrected chi connectivity index (χ0v) is 12.1. The molecule has 1 N–H and O–H groups in total. The molecule has 0 aromatic heterocycles. The second kappa shape index (κ2) is 6.70. The van der Waals surface area contributed by atoms with E-state index in [2.05, 4.69) is 5.32 Å². The molecule has 1 aliphatic rings. The monoisotopic (exact) mass is 279 g/mol. The molecule has 5 heteroatoms. The van der Waals surface area contributed by atoms with Gasteiger partial charge in [-0.3, -0.25) is 0 Å². The number of carbonyl (C=O) groups excluding carboxylic acids is 1. The van der Waals surface area contributed by atoms with Crippen molar-refractivity contribution < 1.29 is 9.18 Å². The maximum Gasteiger partial charge on any atom is 0.319 e. The molecule has 4 nitrogen and oxygen atoms in total. The van der Waals surface area contributed by atoms with Gasteiger partial charge in [-0.05, 0) is 18.9 Å². The number of urea groups is 1. The Bertz CT molecular complexity index is 456. The van der Waals surface area contributed by atoms with Crippen LogP contribution in [0, 0.1) is 5.82 Å². The molecule has 1 aromatic rings. The first-order chi connectivity index (χ1) is 9.58. The van der Waals surface area contributed by atoms with Crippen LogP contribution in [0.25, 0.3) is 0 Å². The van der Waals surface area contributed by atoms with Crippen molar-refractivity contribution >= 4 is 6.03 Å². The van der Waals surface area contributed by atoms with Gasteiger partial charge in [0.05, 0.1) is 0 Å². The summed E-state index contributed by atoms with van der Waals surface area (Å²) in [5.74, 6) is -0.166. The highest BCUT2D eigenvalue weighted by Gasteiger charge is 2.23. The Kier molecular flexibility index (Phi) is 4.95. The Labute approximate surface area is 119 Å². The number of halogens is 1. The number of amides is 2. The van der Waals surface area contributed by atoms with Gasteiger partial charge >= 0.3 is 6.03 Å². The van der Waals surface area contributed by atoms with Crippen molar-refractivity contribution in [2.45, 2.75) is 25.4 Å². The molecular weight excluding hydrogens is 257 g/mol. The standard InChI is InChI=1S/C15H22FN3O/c1-18(2)15(20)19-9-7-13(8-10-19)17-11-12-5-3-4-6-14(12)16/h3-6,13,17H,7-11H2,1-2H3. The van der Waals surface area contributed by atoms with Crippen LogP contribution in [0.15, 0.2) is 24.3 Å². The Morgan fingerprint density at radius 1 is 1.35 bits per heavy atom. The quantitative estimate of drug-likeness (QED) is 0.919. The van der Waals surface area contributed by atoms with E-state index in [4.69, 9.17) is 0 Å².